The Labute approximate surface area is 100 Å². The van der Waals surface area contributed by atoms with Gasteiger partial charge in [0.05, 0.1) is 12.7 Å². The van der Waals surface area contributed by atoms with E-state index < -0.39 is 24.1 Å². The summed E-state index contributed by atoms with van der Waals surface area (Å²) in [6.45, 7) is -0.205. The van der Waals surface area contributed by atoms with Crippen molar-refractivity contribution in [3.63, 3.8) is 0 Å². The monoisotopic (exact) mass is 253 g/mol. The lowest BCUT2D eigenvalue weighted by Crippen LogP contribution is -2.31. The van der Waals surface area contributed by atoms with Crippen LogP contribution in [0.3, 0.4) is 0 Å². The Hall–Kier alpha value is -1.84. The van der Waals surface area contributed by atoms with Gasteiger partial charge < -0.3 is 14.9 Å². The van der Waals surface area contributed by atoms with E-state index in [1.54, 1.807) is 0 Å². The summed E-state index contributed by atoms with van der Waals surface area (Å²) in [7, 11) is 0. The maximum absolute atomic E-state index is 11.8. The SMILES string of the molecule is O=c1nc2nn[nH]c2cn1C1O[C@H](CO)CC1O. The van der Waals surface area contributed by atoms with Crippen LogP contribution in [-0.2, 0) is 4.74 Å². The number of aliphatic hydroxyl groups excluding tert-OH is 2. The molecule has 2 aromatic rings. The van der Waals surface area contributed by atoms with Gasteiger partial charge in [-0.3, -0.25) is 9.67 Å². The van der Waals surface area contributed by atoms with Gasteiger partial charge in [-0.2, -0.15) is 4.98 Å². The van der Waals surface area contributed by atoms with E-state index in [0.29, 0.717) is 5.52 Å². The van der Waals surface area contributed by atoms with Crippen LogP contribution in [0.15, 0.2) is 11.0 Å². The van der Waals surface area contributed by atoms with Gasteiger partial charge in [-0.1, -0.05) is 5.21 Å². The molecular formula is C9H11N5O4. The highest BCUT2D eigenvalue weighted by atomic mass is 16.5. The van der Waals surface area contributed by atoms with Crippen molar-refractivity contribution in [3.05, 3.63) is 16.7 Å². The number of fused-ring (bicyclic) bond motifs is 1. The molecule has 3 N–H and O–H groups in total. The van der Waals surface area contributed by atoms with Crippen LogP contribution < -0.4 is 5.69 Å². The van der Waals surface area contributed by atoms with E-state index >= 15 is 0 Å². The van der Waals surface area contributed by atoms with Gasteiger partial charge in [-0.05, 0) is 0 Å². The summed E-state index contributed by atoms with van der Waals surface area (Å²) in [4.78, 5) is 15.5. The molecule has 0 amide bonds. The van der Waals surface area contributed by atoms with Crippen molar-refractivity contribution in [1.29, 1.82) is 0 Å². The van der Waals surface area contributed by atoms with Crippen LogP contribution in [0, 0.1) is 0 Å². The summed E-state index contributed by atoms with van der Waals surface area (Å²) < 4.78 is 6.55. The molecule has 1 aliphatic heterocycles. The fraction of sp³-hybridized carbons (Fsp3) is 0.556. The van der Waals surface area contributed by atoms with Crippen molar-refractivity contribution in [2.45, 2.75) is 24.9 Å². The Morgan fingerprint density at radius 3 is 3.17 bits per heavy atom. The van der Waals surface area contributed by atoms with Gasteiger partial charge in [0, 0.05) is 12.6 Å². The summed E-state index contributed by atoms with van der Waals surface area (Å²) >= 11 is 0. The Morgan fingerprint density at radius 2 is 2.44 bits per heavy atom. The Balaban J connectivity index is 2.03. The van der Waals surface area contributed by atoms with Gasteiger partial charge in [0.1, 0.15) is 11.6 Å². The van der Waals surface area contributed by atoms with Crippen molar-refractivity contribution in [2.75, 3.05) is 6.61 Å². The number of nitrogens with zero attached hydrogens (tertiary/aromatic N) is 4. The molecule has 0 saturated carbocycles. The third kappa shape index (κ3) is 1.68. The van der Waals surface area contributed by atoms with Crippen LogP contribution in [0.1, 0.15) is 12.6 Å². The molecule has 3 atom stereocenters. The zero-order valence-corrected chi connectivity index (χ0v) is 9.22. The topological polar surface area (TPSA) is 126 Å². The predicted octanol–water partition coefficient (Wildman–Crippen LogP) is -1.84. The highest BCUT2D eigenvalue weighted by Gasteiger charge is 2.35. The first-order valence-electron chi connectivity index (χ1n) is 5.43. The summed E-state index contributed by atoms with van der Waals surface area (Å²) in [6.07, 6.45) is -0.483. The Bertz CT molecular complexity index is 623. The minimum Gasteiger partial charge on any atom is -0.394 e. The minimum absolute atomic E-state index is 0.205. The molecule has 96 valence electrons. The zero-order valence-electron chi connectivity index (χ0n) is 9.22. The summed E-state index contributed by atoms with van der Waals surface area (Å²) in [5, 5.41) is 28.5. The van der Waals surface area contributed by atoms with E-state index in [1.165, 1.54) is 10.8 Å². The smallest absolute Gasteiger partial charge is 0.352 e. The molecule has 0 aliphatic carbocycles. The van der Waals surface area contributed by atoms with E-state index in [9.17, 15) is 9.90 Å². The molecule has 1 aliphatic rings. The van der Waals surface area contributed by atoms with Gasteiger partial charge >= 0.3 is 5.69 Å². The third-order valence-electron chi connectivity index (χ3n) is 2.89. The van der Waals surface area contributed by atoms with E-state index in [-0.39, 0.29) is 18.7 Å². The van der Waals surface area contributed by atoms with Crippen molar-refractivity contribution in [3.8, 4) is 0 Å². The summed E-state index contributed by atoms with van der Waals surface area (Å²) in [5.41, 5.74) is 0.0966. The second kappa shape index (κ2) is 4.12. The van der Waals surface area contributed by atoms with Crippen LogP contribution in [-0.4, -0.2) is 54.0 Å². The van der Waals surface area contributed by atoms with Crippen LogP contribution >= 0.6 is 0 Å². The highest BCUT2D eigenvalue weighted by molar-refractivity contribution is 5.66. The quantitative estimate of drug-likeness (QED) is 0.573. The summed E-state index contributed by atoms with van der Waals surface area (Å²) in [5.74, 6) is 0. The molecule has 9 nitrogen and oxygen atoms in total. The number of aromatic nitrogens is 5. The fourth-order valence-corrected chi connectivity index (χ4v) is 2.02. The first-order chi connectivity index (χ1) is 8.69. The van der Waals surface area contributed by atoms with Crippen molar-refractivity contribution >= 4 is 11.2 Å². The second-order valence-corrected chi connectivity index (χ2v) is 4.11. The molecule has 0 radical (unpaired) electrons. The normalized spacial score (nSPS) is 28.0. The zero-order chi connectivity index (χ0) is 12.7. The molecule has 9 heteroatoms. The predicted molar refractivity (Wildman–Crippen MR) is 57.6 cm³/mol. The molecule has 2 aromatic heterocycles. The van der Waals surface area contributed by atoms with Gasteiger partial charge in [-0.25, -0.2) is 4.79 Å². The van der Waals surface area contributed by atoms with E-state index in [4.69, 9.17) is 9.84 Å². The van der Waals surface area contributed by atoms with Crippen LogP contribution in [0.2, 0.25) is 0 Å². The number of hydrogen-bond donors (Lipinski definition) is 3. The molecule has 1 fully saturated rings. The molecule has 2 unspecified atom stereocenters. The van der Waals surface area contributed by atoms with E-state index in [2.05, 4.69) is 20.4 Å². The standard InChI is InChI=1S/C9H11N5O4/c15-3-4-1-6(16)8(18-4)14-2-5-7(10-9(14)17)12-13-11-5/h2,4,6,8,15-16H,1,3H2,(H,10,11,12,17)/t4-,6?,8?/m0/s1. The van der Waals surface area contributed by atoms with E-state index in [1.807, 2.05) is 0 Å². The summed E-state index contributed by atoms with van der Waals surface area (Å²) in [6, 6.07) is 0. The first kappa shape index (κ1) is 11.3. The molecule has 18 heavy (non-hydrogen) atoms. The number of H-pyrrole nitrogens is 1. The number of aromatic amines is 1. The molecule has 0 aromatic carbocycles. The van der Waals surface area contributed by atoms with Crippen LogP contribution in [0.5, 0.6) is 0 Å². The average molecular weight is 253 g/mol. The number of ether oxygens (including phenoxy) is 1. The maximum atomic E-state index is 11.8. The van der Waals surface area contributed by atoms with Gasteiger partial charge in [0.2, 0.25) is 5.65 Å². The van der Waals surface area contributed by atoms with Crippen molar-refractivity contribution in [1.82, 2.24) is 25.0 Å². The van der Waals surface area contributed by atoms with E-state index in [0.717, 1.165) is 0 Å². The molecule has 3 rings (SSSR count). The minimum atomic E-state index is -0.866. The van der Waals surface area contributed by atoms with Crippen LogP contribution in [0.4, 0.5) is 0 Å². The number of hydrogen-bond acceptors (Lipinski definition) is 7. The number of aliphatic hydroxyl groups is 2. The molecule has 0 spiro atoms. The van der Waals surface area contributed by atoms with Crippen molar-refractivity contribution < 1.29 is 14.9 Å². The molecular weight excluding hydrogens is 242 g/mol. The number of rotatable bonds is 2. The van der Waals surface area contributed by atoms with Crippen molar-refractivity contribution in [2.24, 2.45) is 0 Å². The lowest BCUT2D eigenvalue weighted by Gasteiger charge is -2.16. The maximum Gasteiger partial charge on any atom is 0.352 e. The molecule has 1 saturated heterocycles. The lowest BCUT2D eigenvalue weighted by molar-refractivity contribution is -0.0527. The lowest BCUT2D eigenvalue weighted by atomic mass is 10.2. The molecule has 0 bridgehead atoms. The second-order valence-electron chi connectivity index (χ2n) is 4.11. The van der Waals surface area contributed by atoms with Crippen LogP contribution in [0.25, 0.3) is 11.2 Å². The van der Waals surface area contributed by atoms with Gasteiger partial charge in [0.15, 0.2) is 6.23 Å². The average Bonchev–Trinajstić information content (AvgIpc) is 2.93. The van der Waals surface area contributed by atoms with Gasteiger partial charge in [0.25, 0.3) is 0 Å². The molecule has 3 heterocycles. The third-order valence-corrected chi connectivity index (χ3v) is 2.89. The first-order valence-corrected chi connectivity index (χ1v) is 5.43. The van der Waals surface area contributed by atoms with Gasteiger partial charge in [-0.15, -0.1) is 5.10 Å². The number of nitrogens with one attached hydrogen (secondary N) is 1. The largest absolute Gasteiger partial charge is 0.394 e. The fourth-order valence-electron chi connectivity index (χ4n) is 2.02. The Kier molecular flexibility index (Phi) is 2.58. The Morgan fingerprint density at radius 1 is 1.61 bits per heavy atom. The highest BCUT2D eigenvalue weighted by Crippen LogP contribution is 2.27.